The molecule has 1 aromatic heterocycles. The molecule has 0 aliphatic carbocycles. The Hall–Kier alpha value is -2.31. The van der Waals surface area contributed by atoms with E-state index in [0.717, 1.165) is 25.2 Å². The zero-order valence-corrected chi connectivity index (χ0v) is 11.3. The molecule has 5 nitrogen and oxygen atoms in total. The topological polar surface area (TPSA) is 53.9 Å². The Balaban J connectivity index is 2.21. The van der Waals surface area contributed by atoms with E-state index < -0.39 is 11.6 Å². The molecule has 20 heavy (non-hydrogen) atoms. The molecule has 0 atom stereocenters. The van der Waals surface area contributed by atoms with Gasteiger partial charge in [-0.3, -0.25) is 0 Å². The van der Waals surface area contributed by atoms with E-state index in [9.17, 15) is 8.78 Å². The molecule has 2 rings (SSSR count). The Morgan fingerprint density at radius 1 is 1.15 bits per heavy atom. The van der Waals surface area contributed by atoms with Crippen LogP contribution in [-0.2, 0) is 0 Å². The Labute approximate surface area is 115 Å². The molecule has 0 saturated heterocycles. The summed E-state index contributed by atoms with van der Waals surface area (Å²) in [6, 6.07) is 3.55. The Bertz CT molecular complexity index is 587. The van der Waals surface area contributed by atoms with Crippen LogP contribution < -0.4 is 10.2 Å². The van der Waals surface area contributed by atoms with Crippen molar-refractivity contribution in [1.29, 1.82) is 0 Å². The van der Waals surface area contributed by atoms with Crippen LogP contribution in [0.4, 0.5) is 26.2 Å². The van der Waals surface area contributed by atoms with Gasteiger partial charge in [0.2, 0.25) is 5.95 Å². The van der Waals surface area contributed by atoms with Crippen LogP contribution in [0.15, 0.2) is 24.4 Å². The summed E-state index contributed by atoms with van der Waals surface area (Å²) in [5, 5.41) is 10.7. The van der Waals surface area contributed by atoms with Crippen molar-refractivity contribution >= 4 is 17.5 Å². The highest BCUT2D eigenvalue weighted by Crippen LogP contribution is 2.18. The van der Waals surface area contributed by atoms with E-state index in [1.54, 1.807) is 0 Å². The van der Waals surface area contributed by atoms with E-state index in [-0.39, 0.29) is 0 Å². The second kappa shape index (κ2) is 6.23. The summed E-state index contributed by atoms with van der Waals surface area (Å²) in [5.41, 5.74) is 0.398. The third-order valence-electron chi connectivity index (χ3n) is 2.79. The fourth-order valence-electron chi connectivity index (χ4n) is 1.72. The van der Waals surface area contributed by atoms with Gasteiger partial charge in [0.1, 0.15) is 0 Å². The number of benzene rings is 1. The standard InChI is InChI=1S/C13H15F2N5/c1-3-20(4-2)13-18-12(8-16-19-13)17-9-5-6-10(14)11(15)7-9/h5-8H,3-4H2,1-2H3,(H,17,18,19). The average Bonchev–Trinajstić information content (AvgIpc) is 2.45. The van der Waals surface area contributed by atoms with Gasteiger partial charge in [-0.25, -0.2) is 8.78 Å². The number of nitrogens with one attached hydrogen (secondary N) is 1. The van der Waals surface area contributed by atoms with Gasteiger partial charge in [0, 0.05) is 24.8 Å². The molecule has 0 bridgehead atoms. The maximum absolute atomic E-state index is 13.1. The van der Waals surface area contributed by atoms with Gasteiger partial charge in [-0.15, -0.1) is 5.10 Å². The molecule has 7 heteroatoms. The summed E-state index contributed by atoms with van der Waals surface area (Å²) in [6.45, 7) is 5.49. The maximum Gasteiger partial charge on any atom is 0.247 e. The van der Waals surface area contributed by atoms with Gasteiger partial charge in [-0.05, 0) is 26.0 Å². The third kappa shape index (κ3) is 3.17. The van der Waals surface area contributed by atoms with Crippen molar-refractivity contribution in [2.75, 3.05) is 23.3 Å². The van der Waals surface area contributed by atoms with Crippen LogP contribution in [0, 0.1) is 11.6 Å². The van der Waals surface area contributed by atoms with Crippen molar-refractivity contribution in [2.45, 2.75) is 13.8 Å². The summed E-state index contributed by atoms with van der Waals surface area (Å²) in [7, 11) is 0. The summed E-state index contributed by atoms with van der Waals surface area (Å²) in [4.78, 5) is 6.22. The van der Waals surface area contributed by atoms with Crippen molar-refractivity contribution in [1.82, 2.24) is 15.2 Å². The molecular weight excluding hydrogens is 264 g/mol. The number of nitrogens with zero attached hydrogens (tertiary/aromatic N) is 4. The first-order valence-corrected chi connectivity index (χ1v) is 6.30. The molecule has 0 spiro atoms. The van der Waals surface area contributed by atoms with E-state index in [1.165, 1.54) is 12.3 Å². The minimum atomic E-state index is -0.916. The second-order valence-electron chi connectivity index (χ2n) is 4.07. The lowest BCUT2D eigenvalue weighted by Gasteiger charge is -2.18. The fourth-order valence-corrected chi connectivity index (χ4v) is 1.72. The van der Waals surface area contributed by atoms with Crippen LogP contribution in [-0.4, -0.2) is 28.3 Å². The van der Waals surface area contributed by atoms with Gasteiger partial charge >= 0.3 is 0 Å². The Morgan fingerprint density at radius 2 is 1.90 bits per heavy atom. The molecule has 0 fully saturated rings. The summed E-state index contributed by atoms with van der Waals surface area (Å²) >= 11 is 0. The first-order chi connectivity index (χ1) is 9.63. The molecular formula is C13H15F2N5. The number of halogens is 2. The van der Waals surface area contributed by atoms with E-state index in [0.29, 0.717) is 17.5 Å². The highest BCUT2D eigenvalue weighted by Gasteiger charge is 2.08. The van der Waals surface area contributed by atoms with Crippen molar-refractivity contribution in [3.8, 4) is 0 Å². The van der Waals surface area contributed by atoms with Crippen molar-refractivity contribution in [3.63, 3.8) is 0 Å². The van der Waals surface area contributed by atoms with Gasteiger partial charge in [0.15, 0.2) is 17.5 Å². The van der Waals surface area contributed by atoms with E-state index in [2.05, 4.69) is 20.5 Å². The van der Waals surface area contributed by atoms with Crippen LogP contribution in [0.5, 0.6) is 0 Å². The van der Waals surface area contributed by atoms with E-state index in [4.69, 9.17) is 0 Å². The molecule has 0 amide bonds. The first-order valence-electron chi connectivity index (χ1n) is 6.30. The number of hydrogen-bond acceptors (Lipinski definition) is 5. The minimum Gasteiger partial charge on any atom is -0.340 e. The molecule has 0 aliphatic rings. The number of hydrogen-bond donors (Lipinski definition) is 1. The predicted octanol–water partition coefficient (Wildman–Crippen LogP) is 2.74. The molecule has 0 radical (unpaired) electrons. The lowest BCUT2D eigenvalue weighted by Crippen LogP contribution is -2.24. The molecule has 0 unspecified atom stereocenters. The van der Waals surface area contributed by atoms with E-state index in [1.807, 2.05) is 18.7 Å². The number of anilines is 3. The zero-order valence-electron chi connectivity index (χ0n) is 11.3. The summed E-state index contributed by atoms with van der Waals surface area (Å²) in [5.74, 6) is -0.892. The molecule has 0 aliphatic heterocycles. The van der Waals surface area contributed by atoms with Gasteiger partial charge in [0.05, 0.1) is 6.20 Å². The second-order valence-corrected chi connectivity index (χ2v) is 4.07. The summed E-state index contributed by atoms with van der Waals surface area (Å²) < 4.78 is 26.0. The average molecular weight is 279 g/mol. The fraction of sp³-hybridized carbons (Fsp3) is 0.308. The third-order valence-corrected chi connectivity index (χ3v) is 2.79. The zero-order chi connectivity index (χ0) is 14.5. The highest BCUT2D eigenvalue weighted by molar-refractivity contribution is 5.56. The smallest absolute Gasteiger partial charge is 0.247 e. The van der Waals surface area contributed by atoms with Crippen molar-refractivity contribution in [2.24, 2.45) is 0 Å². The van der Waals surface area contributed by atoms with Crippen LogP contribution in [0.1, 0.15) is 13.8 Å². The maximum atomic E-state index is 13.1. The van der Waals surface area contributed by atoms with Gasteiger partial charge in [-0.1, -0.05) is 0 Å². The van der Waals surface area contributed by atoms with E-state index >= 15 is 0 Å². The number of aromatic nitrogens is 3. The lowest BCUT2D eigenvalue weighted by atomic mass is 10.3. The molecule has 0 saturated carbocycles. The van der Waals surface area contributed by atoms with Crippen LogP contribution in [0.25, 0.3) is 0 Å². The van der Waals surface area contributed by atoms with Gasteiger partial charge in [-0.2, -0.15) is 10.1 Å². The van der Waals surface area contributed by atoms with Gasteiger partial charge < -0.3 is 10.2 Å². The van der Waals surface area contributed by atoms with Crippen LogP contribution in [0.3, 0.4) is 0 Å². The Morgan fingerprint density at radius 3 is 2.55 bits per heavy atom. The highest BCUT2D eigenvalue weighted by atomic mass is 19.2. The lowest BCUT2D eigenvalue weighted by molar-refractivity contribution is 0.509. The quantitative estimate of drug-likeness (QED) is 0.912. The SMILES string of the molecule is CCN(CC)c1nncc(Nc2ccc(F)c(F)c2)n1. The van der Waals surface area contributed by atoms with Crippen LogP contribution in [0.2, 0.25) is 0 Å². The molecule has 1 aromatic carbocycles. The number of rotatable bonds is 5. The van der Waals surface area contributed by atoms with Crippen molar-refractivity contribution < 1.29 is 8.78 Å². The monoisotopic (exact) mass is 279 g/mol. The van der Waals surface area contributed by atoms with Gasteiger partial charge in [0.25, 0.3) is 0 Å². The molecule has 1 heterocycles. The normalized spacial score (nSPS) is 10.4. The molecule has 106 valence electrons. The molecule has 1 N–H and O–H groups in total. The summed E-state index contributed by atoms with van der Waals surface area (Å²) in [6.07, 6.45) is 1.42. The largest absolute Gasteiger partial charge is 0.340 e. The first kappa shape index (κ1) is 14.1. The molecule has 2 aromatic rings. The Kier molecular flexibility index (Phi) is 4.39. The minimum absolute atomic E-state index is 0.398. The van der Waals surface area contributed by atoms with Crippen LogP contribution >= 0.6 is 0 Å². The van der Waals surface area contributed by atoms with Crippen molar-refractivity contribution in [3.05, 3.63) is 36.0 Å². The predicted molar refractivity (Wildman–Crippen MR) is 73.0 cm³/mol.